The zero-order chi connectivity index (χ0) is 15.4. The van der Waals surface area contributed by atoms with Crippen LogP contribution in [0, 0.1) is 0 Å². The van der Waals surface area contributed by atoms with Gasteiger partial charge >= 0.3 is 6.03 Å². The molecule has 0 spiro atoms. The molecule has 0 radical (unpaired) electrons. The van der Waals surface area contributed by atoms with Crippen molar-refractivity contribution in [2.75, 3.05) is 11.9 Å². The fourth-order valence-corrected chi connectivity index (χ4v) is 2.75. The number of imide groups is 1. The summed E-state index contributed by atoms with van der Waals surface area (Å²) in [6.45, 7) is 0.432. The number of para-hydroxylation sites is 1. The van der Waals surface area contributed by atoms with E-state index in [9.17, 15) is 9.59 Å². The summed E-state index contributed by atoms with van der Waals surface area (Å²) >= 11 is 0. The molecule has 1 N–H and O–H groups in total. The van der Waals surface area contributed by atoms with E-state index >= 15 is 0 Å². The molecule has 0 aromatic heterocycles. The Hall–Kier alpha value is -2.62. The van der Waals surface area contributed by atoms with Crippen molar-refractivity contribution in [1.82, 2.24) is 4.90 Å². The Morgan fingerprint density at radius 3 is 2.32 bits per heavy atom. The van der Waals surface area contributed by atoms with Gasteiger partial charge in [0, 0.05) is 24.6 Å². The SMILES string of the molecule is O=C1CCC(c2ccccc2)CN1C(=O)Nc1ccccc1. The summed E-state index contributed by atoms with van der Waals surface area (Å²) in [4.78, 5) is 25.7. The summed E-state index contributed by atoms with van der Waals surface area (Å²) < 4.78 is 0. The maximum absolute atomic E-state index is 12.3. The zero-order valence-corrected chi connectivity index (χ0v) is 12.2. The lowest BCUT2D eigenvalue weighted by Crippen LogP contribution is -2.45. The molecule has 22 heavy (non-hydrogen) atoms. The lowest BCUT2D eigenvalue weighted by molar-refractivity contribution is -0.130. The van der Waals surface area contributed by atoms with E-state index < -0.39 is 0 Å². The predicted octanol–water partition coefficient (Wildman–Crippen LogP) is 3.62. The molecule has 3 amide bonds. The van der Waals surface area contributed by atoms with Gasteiger partial charge in [0.1, 0.15) is 0 Å². The van der Waals surface area contributed by atoms with Gasteiger partial charge in [-0.25, -0.2) is 4.79 Å². The fourth-order valence-electron chi connectivity index (χ4n) is 2.75. The van der Waals surface area contributed by atoms with E-state index in [0.717, 1.165) is 6.42 Å². The normalized spacial score (nSPS) is 18.1. The fraction of sp³-hybridized carbons (Fsp3) is 0.222. The summed E-state index contributed by atoms with van der Waals surface area (Å²) in [5.74, 6) is 0.0982. The zero-order valence-electron chi connectivity index (χ0n) is 12.2. The molecule has 1 atom stereocenters. The molecule has 2 aromatic carbocycles. The van der Waals surface area contributed by atoms with E-state index in [1.165, 1.54) is 10.5 Å². The van der Waals surface area contributed by atoms with E-state index in [1.54, 1.807) is 12.1 Å². The molecule has 1 aliphatic heterocycles. The monoisotopic (exact) mass is 294 g/mol. The first kappa shape index (κ1) is 14.3. The van der Waals surface area contributed by atoms with Crippen molar-refractivity contribution >= 4 is 17.6 Å². The molecule has 2 aromatic rings. The Morgan fingerprint density at radius 2 is 1.64 bits per heavy atom. The maximum Gasteiger partial charge on any atom is 0.328 e. The first-order valence-electron chi connectivity index (χ1n) is 7.45. The Bertz CT molecular complexity index is 655. The lowest BCUT2D eigenvalue weighted by Gasteiger charge is -2.31. The second-order valence-electron chi connectivity index (χ2n) is 5.45. The largest absolute Gasteiger partial charge is 0.328 e. The average Bonchev–Trinajstić information content (AvgIpc) is 2.57. The van der Waals surface area contributed by atoms with Gasteiger partial charge in [0.15, 0.2) is 0 Å². The van der Waals surface area contributed by atoms with Crippen molar-refractivity contribution in [3.05, 3.63) is 66.2 Å². The molecular formula is C18H18N2O2. The smallest absolute Gasteiger partial charge is 0.307 e. The number of carbonyl (C=O) groups is 2. The van der Waals surface area contributed by atoms with Crippen molar-refractivity contribution in [3.63, 3.8) is 0 Å². The summed E-state index contributed by atoms with van der Waals surface area (Å²) in [6.07, 6.45) is 1.19. The Morgan fingerprint density at radius 1 is 1.00 bits per heavy atom. The highest BCUT2D eigenvalue weighted by Gasteiger charge is 2.30. The highest BCUT2D eigenvalue weighted by atomic mass is 16.2. The molecule has 1 aliphatic rings. The summed E-state index contributed by atoms with van der Waals surface area (Å²) in [7, 11) is 0. The summed E-state index contributed by atoms with van der Waals surface area (Å²) in [6, 6.07) is 18.9. The van der Waals surface area contributed by atoms with Crippen molar-refractivity contribution in [2.45, 2.75) is 18.8 Å². The second kappa shape index (κ2) is 6.43. The molecule has 4 heteroatoms. The molecule has 1 heterocycles. The van der Waals surface area contributed by atoms with Gasteiger partial charge in [0.2, 0.25) is 5.91 Å². The third kappa shape index (κ3) is 3.17. The summed E-state index contributed by atoms with van der Waals surface area (Å²) in [5.41, 5.74) is 1.87. The molecule has 4 nitrogen and oxygen atoms in total. The Labute approximate surface area is 129 Å². The van der Waals surface area contributed by atoms with Crippen LogP contribution in [0.25, 0.3) is 0 Å². The minimum Gasteiger partial charge on any atom is -0.307 e. The minimum absolute atomic E-state index is 0.111. The number of anilines is 1. The topological polar surface area (TPSA) is 49.4 Å². The van der Waals surface area contributed by atoms with Gasteiger partial charge in [-0.2, -0.15) is 0 Å². The number of carbonyl (C=O) groups excluding carboxylic acids is 2. The molecule has 112 valence electrons. The van der Waals surface area contributed by atoms with E-state index in [-0.39, 0.29) is 17.9 Å². The summed E-state index contributed by atoms with van der Waals surface area (Å²) in [5, 5.41) is 2.78. The highest BCUT2D eigenvalue weighted by molar-refractivity contribution is 6.01. The van der Waals surface area contributed by atoms with Crippen LogP contribution in [0.5, 0.6) is 0 Å². The van der Waals surface area contributed by atoms with Crippen molar-refractivity contribution in [3.8, 4) is 0 Å². The maximum atomic E-state index is 12.3. The predicted molar refractivity (Wildman–Crippen MR) is 85.6 cm³/mol. The standard InChI is InChI=1S/C18H18N2O2/c21-17-12-11-15(14-7-3-1-4-8-14)13-20(17)18(22)19-16-9-5-2-6-10-16/h1-10,15H,11-13H2,(H,19,22). The molecule has 1 saturated heterocycles. The highest BCUT2D eigenvalue weighted by Crippen LogP contribution is 2.27. The van der Waals surface area contributed by atoms with E-state index in [4.69, 9.17) is 0 Å². The van der Waals surface area contributed by atoms with Crippen LogP contribution in [-0.4, -0.2) is 23.4 Å². The number of rotatable bonds is 2. The number of hydrogen-bond acceptors (Lipinski definition) is 2. The number of hydrogen-bond donors (Lipinski definition) is 1. The van der Waals surface area contributed by atoms with E-state index in [0.29, 0.717) is 18.7 Å². The molecule has 1 fully saturated rings. The number of nitrogens with zero attached hydrogens (tertiary/aromatic N) is 1. The second-order valence-corrected chi connectivity index (χ2v) is 5.45. The molecular weight excluding hydrogens is 276 g/mol. The van der Waals surface area contributed by atoms with Crippen LogP contribution >= 0.6 is 0 Å². The quantitative estimate of drug-likeness (QED) is 0.919. The molecule has 0 saturated carbocycles. The minimum atomic E-state index is -0.350. The van der Waals surface area contributed by atoms with Gasteiger partial charge in [-0.3, -0.25) is 9.69 Å². The molecule has 1 unspecified atom stereocenters. The van der Waals surface area contributed by atoms with Crippen molar-refractivity contribution in [2.24, 2.45) is 0 Å². The number of likely N-dealkylation sites (tertiary alicyclic amines) is 1. The van der Waals surface area contributed by atoms with Crippen LogP contribution in [0.3, 0.4) is 0 Å². The molecule has 3 rings (SSSR count). The molecule has 0 aliphatic carbocycles. The number of benzene rings is 2. The van der Waals surface area contributed by atoms with Gasteiger partial charge in [-0.15, -0.1) is 0 Å². The van der Waals surface area contributed by atoms with Crippen LogP contribution in [0.2, 0.25) is 0 Å². The first-order chi connectivity index (χ1) is 10.7. The van der Waals surface area contributed by atoms with Crippen molar-refractivity contribution in [1.29, 1.82) is 0 Å². The van der Waals surface area contributed by atoms with Gasteiger partial charge in [-0.1, -0.05) is 48.5 Å². The number of urea groups is 1. The van der Waals surface area contributed by atoms with Crippen LogP contribution in [0.15, 0.2) is 60.7 Å². The van der Waals surface area contributed by atoms with Crippen molar-refractivity contribution < 1.29 is 9.59 Å². The lowest BCUT2D eigenvalue weighted by atomic mass is 9.90. The Kier molecular flexibility index (Phi) is 4.19. The Balaban J connectivity index is 1.71. The van der Waals surface area contributed by atoms with Gasteiger partial charge < -0.3 is 5.32 Å². The number of nitrogens with one attached hydrogen (secondary N) is 1. The number of piperidine rings is 1. The van der Waals surface area contributed by atoms with Crippen LogP contribution < -0.4 is 5.32 Å². The van der Waals surface area contributed by atoms with Gasteiger partial charge in [-0.05, 0) is 24.1 Å². The van der Waals surface area contributed by atoms with Gasteiger partial charge in [0.25, 0.3) is 0 Å². The van der Waals surface area contributed by atoms with Crippen LogP contribution in [0.4, 0.5) is 10.5 Å². The van der Waals surface area contributed by atoms with Crippen LogP contribution in [-0.2, 0) is 4.79 Å². The third-order valence-electron chi connectivity index (χ3n) is 3.95. The van der Waals surface area contributed by atoms with E-state index in [2.05, 4.69) is 5.32 Å². The molecule has 0 bridgehead atoms. The van der Waals surface area contributed by atoms with Crippen LogP contribution in [0.1, 0.15) is 24.3 Å². The average molecular weight is 294 g/mol. The first-order valence-corrected chi connectivity index (χ1v) is 7.45. The number of amides is 3. The third-order valence-corrected chi connectivity index (χ3v) is 3.95. The van der Waals surface area contributed by atoms with E-state index in [1.807, 2.05) is 48.5 Å². The van der Waals surface area contributed by atoms with Gasteiger partial charge in [0.05, 0.1) is 0 Å².